The summed E-state index contributed by atoms with van der Waals surface area (Å²) in [6, 6.07) is 13.9. The Kier molecular flexibility index (Phi) is 6.21. The molecule has 5 nitrogen and oxygen atoms in total. The predicted molar refractivity (Wildman–Crippen MR) is 94.0 cm³/mol. The maximum absolute atomic E-state index is 12.1. The van der Waals surface area contributed by atoms with Crippen LogP contribution in [-0.4, -0.2) is 18.0 Å². The SMILES string of the molecule is Cc1cccc(NC(=O)[C@@H](C)NC(=O)OCc2ccccc2)c1Cl. The van der Waals surface area contributed by atoms with Crippen LogP contribution in [0.3, 0.4) is 0 Å². The lowest BCUT2D eigenvalue weighted by Gasteiger charge is -2.15. The lowest BCUT2D eigenvalue weighted by molar-refractivity contribution is -0.117. The minimum Gasteiger partial charge on any atom is -0.445 e. The number of hydrogen-bond donors (Lipinski definition) is 2. The molecule has 0 aliphatic heterocycles. The van der Waals surface area contributed by atoms with E-state index in [1.807, 2.05) is 43.3 Å². The average Bonchev–Trinajstić information content (AvgIpc) is 2.58. The highest BCUT2D eigenvalue weighted by molar-refractivity contribution is 6.34. The molecular formula is C18H19ClN2O3. The molecule has 0 fully saturated rings. The van der Waals surface area contributed by atoms with E-state index in [1.54, 1.807) is 19.1 Å². The number of nitrogens with one attached hydrogen (secondary N) is 2. The minimum atomic E-state index is -0.759. The van der Waals surface area contributed by atoms with Gasteiger partial charge in [0.25, 0.3) is 0 Å². The van der Waals surface area contributed by atoms with Crippen molar-refractivity contribution in [3.8, 4) is 0 Å². The molecule has 24 heavy (non-hydrogen) atoms. The second-order valence-corrected chi connectivity index (χ2v) is 5.73. The zero-order chi connectivity index (χ0) is 17.5. The number of aryl methyl sites for hydroxylation is 1. The van der Waals surface area contributed by atoms with Gasteiger partial charge in [0.2, 0.25) is 5.91 Å². The molecule has 0 aromatic heterocycles. The van der Waals surface area contributed by atoms with Crippen molar-refractivity contribution in [1.29, 1.82) is 0 Å². The lowest BCUT2D eigenvalue weighted by atomic mass is 10.2. The van der Waals surface area contributed by atoms with Gasteiger partial charge >= 0.3 is 6.09 Å². The molecule has 6 heteroatoms. The van der Waals surface area contributed by atoms with E-state index in [0.29, 0.717) is 10.7 Å². The lowest BCUT2D eigenvalue weighted by Crippen LogP contribution is -2.41. The molecule has 0 saturated carbocycles. The predicted octanol–water partition coefficient (Wildman–Crippen LogP) is 3.90. The van der Waals surface area contributed by atoms with Crippen molar-refractivity contribution in [2.45, 2.75) is 26.5 Å². The summed E-state index contributed by atoms with van der Waals surface area (Å²) in [4.78, 5) is 23.9. The number of alkyl carbamates (subject to hydrolysis) is 1. The van der Waals surface area contributed by atoms with E-state index in [2.05, 4.69) is 10.6 Å². The molecule has 2 aromatic carbocycles. The maximum Gasteiger partial charge on any atom is 0.408 e. The zero-order valence-corrected chi connectivity index (χ0v) is 14.3. The third-order valence-electron chi connectivity index (χ3n) is 3.39. The second kappa shape index (κ2) is 8.36. The molecule has 0 bridgehead atoms. The fourth-order valence-corrected chi connectivity index (χ4v) is 2.17. The van der Waals surface area contributed by atoms with Crippen molar-refractivity contribution < 1.29 is 14.3 Å². The number of hydrogen-bond acceptors (Lipinski definition) is 3. The first-order valence-electron chi connectivity index (χ1n) is 7.50. The van der Waals surface area contributed by atoms with E-state index in [1.165, 1.54) is 0 Å². The van der Waals surface area contributed by atoms with Crippen molar-refractivity contribution in [2.24, 2.45) is 0 Å². The molecule has 126 valence electrons. The summed E-state index contributed by atoms with van der Waals surface area (Å²) in [6.07, 6.45) is -0.656. The van der Waals surface area contributed by atoms with E-state index in [9.17, 15) is 9.59 Å². The van der Waals surface area contributed by atoms with Crippen LogP contribution in [0.15, 0.2) is 48.5 Å². The molecule has 0 spiro atoms. The van der Waals surface area contributed by atoms with E-state index >= 15 is 0 Å². The standard InChI is InChI=1S/C18H19ClN2O3/c1-12-7-6-10-15(16(12)19)21-17(22)13(2)20-18(23)24-11-14-8-4-3-5-9-14/h3-10,13H,11H2,1-2H3,(H,20,23)(H,21,22)/t13-/m1/s1. The van der Waals surface area contributed by atoms with E-state index in [0.717, 1.165) is 11.1 Å². The quantitative estimate of drug-likeness (QED) is 0.862. The number of carbonyl (C=O) groups is 2. The Balaban J connectivity index is 1.84. The van der Waals surface area contributed by atoms with Crippen molar-refractivity contribution in [2.75, 3.05) is 5.32 Å². The highest BCUT2D eigenvalue weighted by atomic mass is 35.5. The van der Waals surface area contributed by atoms with E-state index < -0.39 is 12.1 Å². The van der Waals surface area contributed by atoms with Gasteiger partial charge in [0.15, 0.2) is 0 Å². The summed E-state index contributed by atoms with van der Waals surface area (Å²) in [5, 5.41) is 5.65. The van der Waals surface area contributed by atoms with Gasteiger partial charge < -0.3 is 15.4 Å². The molecule has 0 heterocycles. The Hall–Kier alpha value is -2.53. The monoisotopic (exact) mass is 346 g/mol. The minimum absolute atomic E-state index is 0.144. The topological polar surface area (TPSA) is 67.4 Å². The number of amides is 2. The molecule has 0 saturated heterocycles. The van der Waals surface area contributed by atoms with Crippen LogP contribution in [0.2, 0.25) is 5.02 Å². The largest absolute Gasteiger partial charge is 0.445 e. The average molecular weight is 347 g/mol. The molecular weight excluding hydrogens is 328 g/mol. The molecule has 2 aromatic rings. The van der Waals surface area contributed by atoms with Crippen LogP contribution in [0.5, 0.6) is 0 Å². The summed E-state index contributed by atoms with van der Waals surface area (Å²) in [6.45, 7) is 3.56. The van der Waals surface area contributed by atoms with Gasteiger partial charge in [-0.15, -0.1) is 0 Å². The molecule has 0 aliphatic rings. The Bertz CT molecular complexity index is 719. The Morgan fingerprint density at radius 1 is 1.12 bits per heavy atom. The third kappa shape index (κ3) is 4.99. The van der Waals surface area contributed by atoms with Crippen LogP contribution in [0.4, 0.5) is 10.5 Å². The number of benzene rings is 2. The molecule has 0 aliphatic carbocycles. The Morgan fingerprint density at radius 2 is 1.83 bits per heavy atom. The van der Waals surface area contributed by atoms with Crippen molar-refractivity contribution in [1.82, 2.24) is 5.32 Å². The van der Waals surface area contributed by atoms with Gasteiger partial charge in [-0.25, -0.2) is 4.79 Å². The highest BCUT2D eigenvalue weighted by Crippen LogP contribution is 2.25. The fraction of sp³-hybridized carbons (Fsp3) is 0.222. The van der Waals surface area contributed by atoms with Crippen LogP contribution in [0, 0.1) is 6.92 Å². The van der Waals surface area contributed by atoms with Crippen LogP contribution in [-0.2, 0) is 16.1 Å². The molecule has 2 amide bonds. The van der Waals surface area contributed by atoms with Crippen LogP contribution in [0.1, 0.15) is 18.1 Å². The zero-order valence-electron chi connectivity index (χ0n) is 13.5. The second-order valence-electron chi connectivity index (χ2n) is 5.35. The first kappa shape index (κ1) is 17.8. The highest BCUT2D eigenvalue weighted by Gasteiger charge is 2.17. The van der Waals surface area contributed by atoms with E-state index in [4.69, 9.17) is 16.3 Å². The summed E-state index contributed by atoms with van der Waals surface area (Å²) >= 11 is 6.14. The number of ether oxygens (including phenoxy) is 1. The van der Waals surface area contributed by atoms with Gasteiger partial charge in [0.1, 0.15) is 12.6 Å². The van der Waals surface area contributed by atoms with Gasteiger partial charge in [0.05, 0.1) is 10.7 Å². The molecule has 2 N–H and O–H groups in total. The Morgan fingerprint density at radius 3 is 2.54 bits per heavy atom. The van der Waals surface area contributed by atoms with Gasteiger partial charge in [-0.2, -0.15) is 0 Å². The van der Waals surface area contributed by atoms with Crippen molar-refractivity contribution in [3.05, 3.63) is 64.7 Å². The summed E-state index contributed by atoms with van der Waals surface area (Å²) < 4.78 is 5.09. The smallest absolute Gasteiger partial charge is 0.408 e. The van der Waals surface area contributed by atoms with Gasteiger partial charge in [-0.1, -0.05) is 54.1 Å². The van der Waals surface area contributed by atoms with Gasteiger partial charge in [-0.05, 0) is 31.0 Å². The summed E-state index contributed by atoms with van der Waals surface area (Å²) in [7, 11) is 0. The maximum atomic E-state index is 12.1. The number of halogens is 1. The molecule has 1 atom stereocenters. The van der Waals surface area contributed by atoms with Gasteiger partial charge in [-0.3, -0.25) is 4.79 Å². The Labute approximate surface area is 146 Å². The fourth-order valence-electron chi connectivity index (χ4n) is 1.99. The molecule has 0 unspecified atom stereocenters. The first-order valence-corrected chi connectivity index (χ1v) is 7.88. The van der Waals surface area contributed by atoms with Crippen molar-refractivity contribution in [3.63, 3.8) is 0 Å². The number of carbonyl (C=O) groups excluding carboxylic acids is 2. The van der Waals surface area contributed by atoms with Crippen molar-refractivity contribution >= 4 is 29.3 Å². The first-order chi connectivity index (χ1) is 11.5. The van der Waals surface area contributed by atoms with Crippen LogP contribution >= 0.6 is 11.6 Å². The van der Waals surface area contributed by atoms with Gasteiger partial charge in [0, 0.05) is 0 Å². The summed E-state index contributed by atoms with van der Waals surface area (Å²) in [5.74, 6) is -0.376. The van der Waals surface area contributed by atoms with Crippen LogP contribution in [0.25, 0.3) is 0 Å². The molecule has 0 radical (unpaired) electrons. The molecule has 2 rings (SSSR count). The summed E-state index contributed by atoms with van der Waals surface area (Å²) in [5.41, 5.74) is 2.24. The van der Waals surface area contributed by atoms with E-state index in [-0.39, 0.29) is 12.5 Å². The number of rotatable bonds is 5. The van der Waals surface area contributed by atoms with Crippen LogP contribution < -0.4 is 10.6 Å². The normalized spacial score (nSPS) is 11.5. The third-order valence-corrected chi connectivity index (χ3v) is 3.89. The number of anilines is 1.